The molecule has 0 aliphatic heterocycles. The van der Waals surface area contributed by atoms with Crippen LogP contribution in [-0.4, -0.2) is 29.6 Å². The molecule has 0 saturated heterocycles. The van der Waals surface area contributed by atoms with Crippen molar-refractivity contribution in [3.63, 3.8) is 0 Å². The normalized spacial score (nSPS) is 11.8. The lowest BCUT2D eigenvalue weighted by Gasteiger charge is -2.01. The van der Waals surface area contributed by atoms with Crippen LogP contribution in [0.15, 0.2) is 12.4 Å². The van der Waals surface area contributed by atoms with Crippen LogP contribution < -0.4 is 4.72 Å². The second-order valence-corrected chi connectivity index (χ2v) is 5.51. The quantitative estimate of drug-likeness (QED) is 0.750. The Balaban J connectivity index is 2.30. The topological polar surface area (TPSA) is 74.8 Å². The molecule has 1 rings (SSSR count). The average molecular weight is 268 g/mol. The van der Waals surface area contributed by atoms with Crippen LogP contribution in [0.4, 0.5) is 0 Å². The minimum Gasteiger partial charge on any atom is -0.349 e. The van der Waals surface area contributed by atoms with E-state index in [1.54, 1.807) is 12.4 Å². The van der Waals surface area contributed by atoms with E-state index in [1.807, 2.05) is 0 Å². The van der Waals surface area contributed by atoms with Gasteiger partial charge in [0.2, 0.25) is 10.0 Å². The zero-order chi connectivity index (χ0) is 9.73. The first kappa shape index (κ1) is 10.7. The van der Waals surface area contributed by atoms with Crippen LogP contribution in [0.1, 0.15) is 5.82 Å². The Labute approximate surface area is 85.1 Å². The van der Waals surface area contributed by atoms with E-state index in [-0.39, 0.29) is 4.66 Å². The number of alkyl halides is 1. The Hall–Kier alpha value is -0.400. The van der Waals surface area contributed by atoms with Crippen LogP contribution in [0.2, 0.25) is 0 Å². The lowest BCUT2D eigenvalue weighted by molar-refractivity contribution is 0.586. The molecule has 0 unspecified atom stereocenters. The standard InChI is InChI=1S/C6H10BrN3O2S/c7-5-13(11,12)10-2-1-6-8-3-4-9-6/h3-4,10H,1-2,5H2,(H,8,9). The van der Waals surface area contributed by atoms with Crippen LogP contribution in [-0.2, 0) is 16.4 Å². The Bertz CT molecular complexity index is 335. The third-order valence-corrected chi connectivity index (χ3v) is 4.12. The van der Waals surface area contributed by atoms with Crippen molar-refractivity contribution < 1.29 is 8.42 Å². The fourth-order valence-electron chi connectivity index (χ4n) is 0.798. The molecule has 74 valence electrons. The number of nitrogens with one attached hydrogen (secondary N) is 2. The molecule has 0 aromatic carbocycles. The molecular weight excluding hydrogens is 258 g/mol. The van der Waals surface area contributed by atoms with E-state index in [0.717, 1.165) is 5.82 Å². The van der Waals surface area contributed by atoms with E-state index in [9.17, 15) is 8.42 Å². The van der Waals surface area contributed by atoms with Gasteiger partial charge in [-0.25, -0.2) is 18.1 Å². The van der Waals surface area contributed by atoms with Gasteiger partial charge >= 0.3 is 0 Å². The average Bonchev–Trinajstić information content (AvgIpc) is 2.57. The molecule has 1 heterocycles. The Kier molecular flexibility index (Phi) is 3.89. The molecule has 0 amide bonds. The van der Waals surface area contributed by atoms with E-state index >= 15 is 0 Å². The molecule has 5 nitrogen and oxygen atoms in total. The summed E-state index contributed by atoms with van der Waals surface area (Å²) in [5.74, 6) is 0.775. The van der Waals surface area contributed by atoms with Gasteiger partial charge < -0.3 is 4.98 Å². The SMILES string of the molecule is O=S(=O)(CBr)NCCc1ncc[nH]1. The summed E-state index contributed by atoms with van der Waals surface area (Å²) in [6.45, 7) is 0.363. The smallest absolute Gasteiger partial charge is 0.221 e. The van der Waals surface area contributed by atoms with E-state index < -0.39 is 10.0 Å². The van der Waals surface area contributed by atoms with Gasteiger partial charge in [-0.15, -0.1) is 0 Å². The van der Waals surface area contributed by atoms with Crippen molar-refractivity contribution >= 4 is 26.0 Å². The molecule has 0 aliphatic carbocycles. The Morgan fingerprint density at radius 1 is 1.62 bits per heavy atom. The predicted octanol–water partition coefficient (Wildman–Crippen LogP) is 0.224. The molecule has 13 heavy (non-hydrogen) atoms. The summed E-state index contributed by atoms with van der Waals surface area (Å²) in [4.78, 5) is 6.84. The first-order valence-corrected chi connectivity index (χ1v) is 6.43. The second-order valence-electron chi connectivity index (χ2n) is 2.40. The van der Waals surface area contributed by atoms with Crippen LogP contribution in [0, 0.1) is 0 Å². The summed E-state index contributed by atoms with van der Waals surface area (Å²) in [5.41, 5.74) is 0. The molecule has 2 N–H and O–H groups in total. The van der Waals surface area contributed by atoms with Gasteiger partial charge in [-0.05, 0) is 0 Å². The van der Waals surface area contributed by atoms with Gasteiger partial charge in [0.1, 0.15) is 10.5 Å². The number of rotatable bonds is 5. The minimum absolute atomic E-state index is 0.0713. The molecule has 7 heteroatoms. The Morgan fingerprint density at radius 3 is 2.92 bits per heavy atom. The van der Waals surface area contributed by atoms with Crippen LogP contribution in [0.5, 0.6) is 0 Å². The van der Waals surface area contributed by atoms with Gasteiger partial charge in [0.25, 0.3) is 0 Å². The number of aromatic nitrogens is 2. The number of hydrogen-bond donors (Lipinski definition) is 2. The van der Waals surface area contributed by atoms with Crippen LogP contribution in [0.25, 0.3) is 0 Å². The molecule has 0 spiro atoms. The first-order valence-electron chi connectivity index (χ1n) is 3.65. The van der Waals surface area contributed by atoms with Gasteiger partial charge in [-0.1, -0.05) is 15.9 Å². The maximum atomic E-state index is 10.9. The molecule has 0 aliphatic rings. The van der Waals surface area contributed by atoms with Crippen molar-refractivity contribution in [2.45, 2.75) is 6.42 Å². The highest BCUT2D eigenvalue weighted by atomic mass is 79.9. The van der Waals surface area contributed by atoms with Gasteiger partial charge in [-0.2, -0.15) is 0 Å². The van der Waals surface area contributed by atoms with Crippen molar-refractivity contribution in [2.75, 3.05) is 11.2 Å². The molecule has 0 fully saturated rings. The number of aromatic amines is 1. The number of imidazole rings is 1. The molecule has 0 saturated carbocycles. The first-order chi connectivity index (χ1) is 6.14. The van der Waals surface area contributed by atoms with Crippen molar-refractivity contribution in [1.29, 1.82) is 0 Å². The van der Waals surface area contributed by atoms with Crippen LogP contribution >= 0.6 is 15.9 Å². The highest BCUT2D eigenvalue weighted by molar-refractivity contribution is 9.10. The number of halogens is 1. The fraction of sp³-hybridized carbons (Fsp3) is 0.500. The lowest BCUT2D eigenvalue weighted by Crippen LogP contribution is -2.26. The third-order valence-electron chi connectivity index (χ3n) is 1.38. The molecule has 0 atom stereocenters. The molecule has 0 radical (unpaired) electrons. The zero-order valence-electron chi connectivity index (χ0n) is 6.83. The fourth-order valence-corrected chi connectivity index (χ4v) is 1.77. The van der Waals surface area contributed by atoms with Crippen molar-refractivity contribution in [1.82, 2.24) is 14.7 Å². The maximum Gasteiger partial charge on any atom is 0.221 e. The van der Waals surface area contributed by atoms with E-state index in [4.69, 9.17) is 0 Å². The molecule has 1 aromatic heterocycles. The van der Waals surface area contributed by atoms with Gasteiger partial charge in [0.15, 0.2) is 0 Å². The van der Waals surface area contributed by atoms with Crippen LogP contribution in [0.3, 0.4) is 0 Å². The highest BCUT2D eigenvalue weighted by Crippen LogP contribution is 1.92. The summed E-state index contributed by atoms with van der Waals surface area (Å²) < 4.78 is 24.2. The monoisotopic (exact) mass is 267 g/mol. The molecule has 1 aromatic rings. The van der Waals surface area contributed by atoms with Crippen molar-refractivity contribution in [3.8, 4) is 0 Å². The maximum absolute atomic E-state index is 10.9. The van der Waals surface area contributed by atoms with Gasteiger partial charge in [0, 0.05) is 25.4 Å². The van der Waals surface area contributed by atoms with Gasteiger partial charge in [-0.3, -0.25) is 0 Å². The van der Waals surface area contributed by atoms with Gasteiger partial charge in [0.05, 0.1) is 0 Å². The zero-order valence-corrected chi connectivity index (χ0v) is 9.23. The third kappa shape index (κ3) is 3.88. The van der Waals surface area contributed by atoms with Crippen molar-refractivity contribution in [2.24, 2.45) is 0 Å². The lowest BCUT2D eigenvalue weighted by atomic mass is 10.4. The molecular formula is C6H10BrN3O2S. The summed E-state index contributed by atoms with van der Waals surface area (Å²) in [5, 5.41) is 0. The molecule has 0 bridgehead atoms. The largest absolute Gasteiger partial charge is 0.349 e. The number of nitrogens with zero attached hydrogens (tertiary/aromatic N) is 1. The predicted molar refractivity (Wildman–Crippen MR) is 53.0 cm³/mol. The number of hydrogen-bond acceptors (Lipinski definition) is 3. The highest BCUT2D eigenvalue weighted by Gasteiger charge is 2.06. The minimum atomic E-state index is -3.15. The van der Waals surface area contributed by atoms with E-state index in [2.05, 4.69) is 30.6 Å². The summed E-state index contributed by atoms with van der Waals surface area (Å²) in [6, 6.07) is 0. The summed E-state index contributed by atoms with van der Waals surface area (Å²) in [7, 11) is -3.15. The second kappa shape index (κ2) is 4.73. The van der Waals surface area contributed by atoms with Crippen molar-refractivity contribution in [3.05, 3.63) is 18.2 Å². The Morgan fingerprint density at radius 2 is 2.38 bits per heavy atom. The number of H-pyrrole nitrogens is 1. The van der Waals surface area contributed by atoms with E-state index in [0.29, 0.717) is 13.0 Å². The van der Waals surface area contributed by atoms with E-state index in [1.165, 1.54) is 0 Å². The number of sulfonamides is 1. The summed E-state index contributed by atoms with van der Waals surface area (Å²) >= 11 is 2.88. The summed E-state index contributed by atoms with van der Waals surface area (Å²) in [6.07, 6.45) is 3.90.